The summed E-state index contributed by atoms with van der Waals surface area (Å²) in [5.41, 5.74) is 0.576. The topological polar surface area (TPSA) is 51.0 Å². The number of hydrogen-bond acceptors (Lipinski definition) is 4. The number of rotatable bonds is 6. The molecular weight excluding hydrogens is 257 g/mol. The highest BCUT2D eigenvalue weighted by Gasteiger charge is 2.20. The van der Waals surface area contributed by atoms with Crippen LogP contribution in [0.2, 0.25) is 0 Å². The summed E-state index contributed by atoms with van der Waals surface area (Å²) < 4.78 is 18.9. The van der Waals surface area contributed by atoms with E-state index in [1.165, 1.54) is 6.07 Å². The highest BCUT2D eigenvalue weighted by molar-refractivity contribution is 5.20. The Morgan fingerprint density at radius 2 is 2.05 bits per heavy atom. The zero-order valence-corrected chi connectivity index (χ0v) is 12.1. The molecule has 0 saturated heterocycles. The second kappa shape index (κ2) is 6.61. The Hall–Kier alpha value is -1.75. The van der Waals surface area contributed by atoms with Crippen LogP contribution in [0.4, 0.5) is 4.39 Å². The Bertz CT molecular complexity index is 556. The van der Waals surface area contributed by atoms with Gasteiger partial charge in [0.25, 0.3) is 0 Å². The van der Waals surface area contributed by atoms with Gasteiger partial charge in [0.1, 0.15) is 5.82 Å². The lowest BCUT2D eigenvalue weighted by Gasteiger charge is -2.16. The number of hydrogen-bond donors (Lipinski definition) is 1. The molecule has 0 aliphatic carbocycles. The lowest BCUT2D eigenvalue weighted by Crippen LogP contribution is -2.30. The van der Waals surface area contributed by atoms with E-state index in [4.69, 9.17) is 4.52 Å². The molecule has 5 heteroatoms. The van der Waals surface area contributed by atoms with Gasteiger partial charge in [-0.2, -0.15) is 4.98 Å². The van der Waals surface area contributed by atoms with Gasteiger partial charge < -0.3 is 9.84 Å². The van der Waals surface area contributed by atoms with Gasteiger partial charge in [0.2, 0.25) is 5.89 Å². The summed E-state index contributed by atoms with van der Waals surface area (Å²) in [6, 6.07) is 6.89. The third kappa shape index (κ3) is 3.42. The predicted octanol–water partition coefficient (Wildman–Crippen LogP) is 2.90. The predicted molar refractivity (Wildman–Crippen MR) is 75.1 cm³/mol. The van der Waals surface area contributed by atoms with Crippen LogP contribution in [0.25, 0.3) is 0 Å². The molecule has 0 aliphatic heterocycles. The minimum absolute atomic E-state index is 0.122. The highest BCUT2D eigenvalue weighted by atomic mass is 19.1. The minimum atomic E-state index is -0.243. The molecule has 4 nitrogen and oxygen atoms in total. The van der Waals surface area contributed by atoms with Crippen molar-refractivity contribution in [2.75, 3.05) is 6.54 Å². The lowest BCUT2D eigenvalue weighted by atomic mass is 10.0. The van der Waals surface area contributed by atoms with Gasteiger partial charge in [0.05, 0.1) is 5.92 Å². The average molecular weight is 277 g/mol. The Morgan fingerprint density at radius 1 is 1.30 bits per heavy atom. The van der Waals surface area contributed by atoms with Crippen molar-refractivity contribution in [3.05, 3.63) is 47.4 Å². The van der Waals surface area contributed by atoms with E-state index in [9.17, 15) is 4.39 Å². The number of nitrogens with one attached hydrogen (secondary N) is 1. The summed E-state index contributed by atoms with van der Waals surface area (Å²) in [5.74, 6) is 0.982. The number of likely N-dealkylation sites (N-methyl/N-ethyl adjacent to an activating group) is 1. The molecule has 1 N–H and O–H groups in total. The van der Waals surface area contributed by atoms with Gasteiger partial charge >= 0.3 is 0 Å². The van der Waals surface area contributed by atoms with E-state index in [1.54, 1.807) is 18.2 Å². The fourth-order valence-corrected chi connectivity index (χ4v) is 2.05. The molecule has 2 rings (SSSR count). The molecule has 0 aliphatic rings. The summed E-state index contributed by atoms with van der Waals surface area (Å²) in [4.78, 5) is 4.37. The molecule has 0 fully saturated rings. The summed E-state index contributed by atoms with van der Waals surface area (Å²) in [6.45, 7) is 7.06. The average Bonchev–Trinajstić information content (AvgIpc) is 2.89. The monoisotopic (exact) mass is 277 g/mol. The summed E-state index contributed by atoms with van der Waals surface area (Å²) >= 11 is 0. The maximum Gasteiger partial charge on any atom is 0.231 e. The molecule has 0 radical (unpaired) electrons. The van der Waals surface area contributed by atoms with Crippen LogP contribution in [0.1, 0.15) is 44.0 Å². The first-order valence-corrected chi connectivity index (χ1v) is 6.91. The molecule has 0 amide bonds. The fourth-order valence-electron chi connectivity index (χ4n) is 2.05. The highest BCUT2D eigenvalue weighted by Crippen LogP contribution is 2.18. The van der Waals surface area contributed by atoms with Crippen molar-refractivity contribution < 1.29 is 8.91 Å². The van der Waals surface area contributed by atoms with E-state index in [0.717, 1.165) is 6.54 Å². The maximum atomic E-state index is 13.6. The Kier molecular flexibility index (Phi) is 4.84. The molecule has 0 spiro atoms. The van der Waals surface area contributed by atoms with E-state index in [1.807, 2.05) is 6.92 Å². The van der Waals surface area contributed by atoms with Crippen molar-refractivity contribution in [2.45, 2.75) is 39.2 Å². The Morgan fingerprint density at radius 3 is 2.75 bits per heavy atom. The number of aromatic nitrogens is 2. The normalized spacial score (nSPS) is 14.2. The van der Waals surface area contributed by atoms with Crippen molar-refractivity contribution in [1.29, 1.82) is 0 Å². The van der Waals surface area contributed by atoms with Gasteiger partial charge in [-0.1, -0.05) is 37.2 Å². The van der Waals surface area contributed by atoms with Crippen molar-refractivity contribution in [2.24, 2.45) is 0 Å². The second-order valence-corrected chi connectivity index (χ2v) is 4.95. The molecule has 2 unspecified atom stereocenters. The van der Waals surface area contributed by atoms with Crippen LogP contribution < -0.4 is 5.32 Å². The van der Waals surface area contributed by atoms with Crippen LogP contribution >= 0.6 is 0 Å². The number of nitrogens with zero attached hydrogens (tertiary/aromatic N) is 2. The molecule has 108 valence electrons. The third-order valence-electron chi connectivity index (χ3n) is 3.46. The smallest absolute Gasteiger partial charge is 0.231 e. The van der Waals surface area contributed by atoms with E-state index in [-0.39, 0.29) is 17.8 Å². The van der Waals surface area contributed by atoms with Crippen LogP contribution in [0.15, 0.2) is 28.8 Å². The van der Waals surface area contributed by atoms with Crippen molar-refractivity contribution in [3.8, 4) is 0 Å². The minimum Gasteiger partial charge on any atom is -0.339 e. The lowest BCUT2D eigenvalue weighted by molar-refractivity contribution is 0.330. The summed E-state index contributed by atoms with van der Waals surface area (Å²) in [6.07, 6.45) is 0.346. The fraction of sp³-hybridized carbons (Fsp3) is 0.467. The van der Waals surface area contributed by atoms with Crippen LogP contribution in [0, 0.1) is 5.82 Å². The van der Waals surface area contributed by atoms with E-state index in [0.29, 0.717) is 23.7 Å². The van der Waals surface area contributed by atoms with E-state index >= 15 is 0 Å². The standard InChI is InChI=1S/C15H20FN3O/c1-4-17-11(3)10(2)15-18-14(19-20-15)9-12-7-5-6-8-13(12)16/h5-8,10-11,17H,4,9H2,1-3H3. The molecule has 2 atom stereocenters. The van der Waals surface area contributed by atoms with Gasteiger partial charge in [0.15, 0.2) is 5.82 Å². The largest absolute Gasteiger partial charge is 0.339 e. The van der Waals surface area contributed by atoms with Crippen LogP contribution in [0.5, 0.6) is 0 Å². The first-order valence-electron chi connectivity index (χ1n) is 6.91. The first-order chi connectivity index (χ1) is 9.61. The first kappa shape index (κ1) is 14.7. The zero-order valence-electron chi connectivity index (χ0n) is 12.1. The molecule has 0 saturated carbocycles. The third-order valence-corrected chi connectivity index (χ3v) is 3.46. The molecular formula is C15H20FN3O. The van der Waals surface area contributed by atoms with E-state index < -0.39 is 0 Å². The SMILES string of the molecule is CCNC(C)C(C)c1nc(Cc2ccccc2F)no1. The van der Waals surface area contributed by atoms with Gasteiger partial charge in [-0.3, -0.25) is 0 Å². The van der Waals surface area contributed by atoms with Crippen molar-refractivity contribution >= 4 is 0 Å². The van der Waals surface area contributed by atoms with Crippen LogP contribution in [-0.4, -0.2) is 22.7 Å². The zero-order chi connectivity index (χ0) is 14.5. The van der Waals surface area contributed by atoms with Crippen molar-refractivity contribution in [3.63, 3.8) is 0 Å². The van der Waals surface area contributed by atoms with Crippen molar-refractivity contribution in [1.82, 2.24) is 15.5 Å². The van der Waals surface area contributed by atoms with Crippen LogP contribution in [0.3, 0.4) is 0 Å². The molecule has 1 aromatic heterocycles. The van der Waals surface area contributed by atoms with Gasteiger partial charge in [0, 0.05) is 12.5 Å². The van der Waals surface area contributed by atoms with E-state index in [2.05, 4.69) is 29.3 Å². The van der Waals surface area contributed by atoms with Gasteiger partial charge in [-0.15, -0.1) is 0 Å². The Labute approximate surface area is 118 Å². The maximum absolute atomic E-state index is 13.6. The molecule has 20 heavy (non-hydrogen) atoms. The second-order valence-electron chi connectivity index (χ2n) is 4.95. The van der Waals surface area contributed by atoms with Crippen LogP contribution in [-0.2, 0) is 6.42 Å². The van der Waals surface area contributed by atoms with Gasteiger partial charge in [-0.25, -0.2) is 4.39 Å². The summed E-state index contributed by atoms with van der Waals surface area (Å²) in [5, 5.41) is 7.26. The Balaban J connectivity index is 2.07. The molecule has 0 bridgehead atoms. The quantitative estimate of drug-likeness (QED) is 0.882. The number of benzene rings is 1. The van der Waals surface area contributed by atoms with Gasteiger partial charge in [-0.05, 0) is 25.1 Å². The molecule has 1 heterocycles. The number of halogens is 1. The molecule has 1 aromatic carbocycles. The molecule has 2 aromatic rings. The summed E-state index contributed by atoms with van der Waals surface area (Å²) in [7, 11) is 0.